The fourth-order valence-corrected chi connectivity index (χ4v) is 4.20. The van der Waals surface area contributed by atoms with Crippen LogP contribution in [0.2, 0.25) is 10.0 Å². The Balaban J connectivity index is 1.73. The second-order valence-electron chi connectivity index (χ2n) is 6.54. The molecule has 8 heteroatoms. The maximum atomic E-state index is 12.6. The SMILES string of the molecule is Cc1ccc(C)c(NC(=O)C[C@H]2SC(=Nc3cccc(Cl)c3Cl)N(C)C2=O)c1. The molecule has 0 unspecified atom stereocenters. The number of carbonyl (C=O) groups excluding carboxylic acids is 2. The van der Waals surface area contributed by atoms with Crippen LogP contribution >= 0.6 is 35.0 Å². The summed E-state index contributed by atoms with van der Waals surface area (Å²) >= 11 is 13.4. The Morgan fingerprint density at radius 1 is 1.25 bits per heavy atom. The average molecular weight is 436 g/mol. The first-order valence-electron chi connectivity index (χ1n) is 8.60. The third-order valence-electron chi connectivity index (χ3n) is 4.33. The number of aliphatic imine (C=N–C) groups is 1. The zero-order chi connectivity index (χ0) is 20.4. The Hall–Kier alpha value is -2.02. The van der Waals surface area contributed by atoms with Crippen molar-refractivity contribution in [3.05, 3.63) is 57.6 Å². The van der Waals surface area contributed by atoms with Crippen molar-refractivity contribution in [3.63, 3.8) is 0 Å². The van der Waals surface area contributed by atoms with Crippen molar-refractivity contribution < 1.29 is 9.59 Å². The van der Waals surface area contributed by atoms with E-state index >= 15 is 0 Å². The van der Waals surface area contributed by atoms with Gasteiger partial charge in [-0.3, -0.25) is 14.5 Å². The highest BCUT2D eigenvalue weighted by molar-refractivity contribution is 8.15. The number of thioether (sulfide) groups is 1. The van der Waals surface area contributed by atoms with Crippen LogP contribution < -0.4 is 5.32 Å². The Morgan fingerprint density at radius 3 is 2.75 bits per heavy atom. The molecule has 0 bridgehead atoms. The second-order valence-corrected chi connectivity index (χ2v) is 8.50. The third-order valence-corrected chi connectivity index (χ3v) is 6.36. The number of hydrogen-bond acceptors (Lipinski definition) is 4. The number of halogens is 2. The van der Waals surface area contributed by atoms with Crippen molar-refractivity contribution >= 4 is 63.3 Å². The molecule has 1 saturated heterocycles. The Bertz CT molecular complexity index is 978. The molecule has 0 aliphatic carbocycles. The zero-order valence-corrected chi connectivity index (χ0v) is 18.0. The first kappa shape index (κ1) is 20.7. The molecule has 0 saturated carbocycles. The molecule has 1 aliphatic heterocycles. The number of amidine groups is 1. The summed E-state index contributed by atoms with van der Waals surface area (Å²) < 4.78 is 0. The summed E-state index contributed by atoms with van der Waals surface area (Å²) in [7, 11) is 1.63. The van der Waals surface area contributed by atoms with Crippen LogP contribution in [0.4, 0.5) is 11.4 Å². The smallest absolute Gasteiger partial charge is 0.242 e. The minimum Gasteiger partial charge on any atom is -0.326 e. The lowest BCUT2D eigenvalue weighted by Crippen LogP contribution is -2.30. The molecule has 1 N–H and O–H groups in total. The topological polar surface area (TPSA) is 61.8 Å². The quantitative estimate of drug-likeness (QED) is 0.717. The molecule has 1 aliphatic rings. The van der Waals surface area contributed by atoms with Crippen molar-refractivity contribution in [3.8, 4) is 0 Å². The van der Waals surface area contributed by atoms with Crippen LogP contribution in [-0.2, 0) is 9.59 Å². The normalized spacial score (nSPS) is 18.0. The molecule has 0 aromatic heterocycles. The van der Waals surface area contributed by atoms with E-state index in [1.54, 1.807) is 25.2 Å². The zero-order valence-electron chi connectivity index (χ0n) is 15.6. The van der Waals surface area contributed by atoms with Crippen LogP contribution in [0, 0.1) is 13.8 Å². The van der Waals surface area contributed by atoms with Gasteiger partial charge in [0.05, 0.1) is 15.7 Å². The monoisotopic (exact) mass is 435 g/mol. The van der Waals surface area contributed by atoms with Crippen molar-refractivity contribution in [1.29, 1.82) is 0 Å². The molecule has 0 radical (unpaired) electrons. The molecular weight excluding hydrogens is 417 g/mol. The van der Waals surface area contributed by atoms with Gasteiger partial charge in [0.15, 0.2) is 5.17 Å². The number of benzene rings is 2. The van der Waals surface area contributed by atoms with E-state index in [2.05, 4.69) is 10.3 Å². The van der Waals surface area contributed by atoms with Crippen molar-refractivity contribution in [2.75, 3.05) is 12.4 Å². The van der Waals surface area contributed by atoms with E-state index in [-0.39, 0.29) is 18.2 Å². The first-order chi connectivity index (χ1) is 13.3. The van der Waals surface area contributed by atoms with Gasteiger partial charge in [0.25, 0.3) is 0 Å². The molecule has 2 amide bonds. The van der Waals surface area contributed by atoms with E-state index in [4.69, 9.17) is 23.2 Å². The molecule has 1 atom stereocenters. The van der Waals surface area contributed by atoms with Crippen LogP contribution in [0.25, 0.3) is 0 Å². The molecule has 146 valence electrons. The summed E-state index contributed by atoms with van der Waals surface area (Å²) in [6.07, 6.45) is 0.0590. The third kappa shape index (κ3) is 4.51. The largest absolute Gasteiger partial charge is 0.326 e. The van der Waals surface area contributed by atoms with Gasteiger partial charge in [-0.15, -0.1) is 0 Å². The molecule has 28 heavy (non-hydrogen) atoms. The molecule has 2 aromatic rings. The fraction of sp³-hybridized carbons (Fsp3) is 0.250. The number of carbonyl (C=O) groups is 2. The van der Waals surface area contributed by atoms with Gasteiger partial charge in [0, 0.05) is 19.2 Å². The molecular formula is C20H19Cl2N3O2S. The number of aryl methyl sites for hydroxylation is 2. The van der Waals surface area contributed by atoms with Gasteiger partial charge in [0.2, 0.25) is 11.8 Å². The predicted molar refractivity (Wildman–Crippen MR) is 117 cm³/mol. The van der Waals surface area contributed by atoms with Gasteiger partial charge >= 0.3 is 0 Å². The highest BCUT2D eigenvalue weighted by atomic mass is 35.5. The van der Waals surface area contributed by atoms with E-state index in [0.717, 1.165) is 16.8 Å². The van der Waals surface area contributed by atoms with E-state index in [9.17, 15) is 9.59 Å². The summed E-state index contributed by atoms with van der Waals surface area (Å²) in [4.78, 5) is 30.9. The summed E-state index contributed by atoms with van der Waals surface area (Å²) in [5.74, 6) is -0.381. The standard InChI is InChI=1S/C20H19Cl2N3O2S/c1-11-7-8-12(2)15(9-11)23-17(26)10-16-19(27)25(3)20(28-16)24-14-6-4-5-13(21)18(14)22/h4-9,16H,10H2,1-3H3,(H,23,26)/t16-/m1/s1. The van der Waals surface area contributed by atoms with Crippen molar-refractivity contribution in [1.82, 2.24) is 4.90 Å². The van der Waals surface area contributed by atoms with Crippen molar-refractivity contribution in [2.24, 2.45) is 4.99 Å². The molecule has 1 heterocycles. The molecule has 5 nitrogen and oxygen atoms in total. The van der Waals surface area contributed by atoms with Crippen LogP contribution in [0.3, 0.4) is 0 Å². The van der Waals surface area contributed by atoms with Gasteiger partial charge in [-0.25, -0.2) is 4.99 Å². The Kier molecular flexibility index (Phi) is 6.33. The van der Waals surface area contributed by atoms with Gasteiger partial charge in [-0.05, 0) is 43.2 Å². The minimum atomic E-state index is -0.535. The summed E-state index contributed by atoms with van der Waals surface area (Å²) in [6.45, 7) is 3.89. The van der Waals surface area contributed by atoms with Gasteiger partial charge in [-0.1, -0.05) is 53.2 Å². The van der Waals surface area contributed by atoms with Gasteiger partial charge < -0.3 is 5.32 Å². The highest BCUT2D eigenvalue weighted by Gasteiger charge is 2.37. The molecule has 0 spiro atoms. The number of hydrogen-bond donors (Lipinski definition) is 1. The van der Waals surface area contributed by atoms with Gasteiger partial charge in [0.1, 0.15) is 5.25 Å². The second kappa shape index (κ2) is 8.55. The van der Waals surface area contributed by atoms with Gasteiger partial charge in [-0.2, -0.15) is 0 Å². The number of nitrogens with zero attached hydrogens (tertiary/aromatic N) is 2. The lowest BCUT2D eigenvalue weighted by Gasteiger charge is -2.11. The number of rotatable bonds is 4. The summed E-state index contributed by atoms with van der Waals surface area (Å²) in [6, 6.07) is 11.0. The van der Waals surface area contributed by atoms with Crippen LogP contribution in [0.5, 0.6) is 0 Å². The Labute approximate surface area is 178 Å². The lowest BCUT2D eigenvalue weighted by molar-refractivity contribution is -0.127. The number of nitrogens with one attached hydrogen (secondary N) is 1. The Morgan fingerprint density at radius 2 is 2.00 bits per heavy atom. The van der Waals surface area contributed by atoms with Crippen molar-refractivity contribution in [2.45, 2.75) is 25.5 Å². The van der Waals surface area contributed by atoms with Crippen LogP contribution in [0.1, 0.15) is 17.5 Å². The molecule has 3 rings (SSSR count). The van der Waals surface area contributed by atoms with E-state index in [1.807, 2.05) is 32.0 Å². The molecule has 1 fully saturated rings. The fourth-order valence-electron chi connectivity index (χ4n) is 2.72. The van der Waals surface area contributed by atoms with E-state index in [0.29, 0.717) is 20.9 Å². The van der Waals surface area contributed by atoms with E-state index < -0.39 is 5.25 Å². The lowest BCUT2D eigenvalue weighted by atomic mass is 10.1. The number of amides is 2. The maximum Gasteiger partial charge on any atom is 0.242 e. The highest BCUT2D eigenvalue weighted by Crippen LogP contribution is 2.36. The summed E-state index contributed by atoms with van der Waals surface area (Å²) in [5, 5.41) is 3.56. The average Bonchev–Trinajstić information content (AvgIpc) is 2.90. The number of anilines is 1. The predicted octanol–water partition coefficient (Wildman–Crippen LogP) is 5.20. The summed E-state index contributed by atoms with van der Waals surface area (Å²) in [5.41, 5.74) is 3.27. The minimum absolute atomic E-state index is 0.0590. The first-order valence-corrected chi connectivity index (χ1v) is 10.2. The molecule has 2 aromatic carbocycles. The van der Waals surface area contributed by atoms with E-state index in [1.165, 1.54) is 16.7 Å². The van der Waals surface area contributed by atoms with Crippen LogP contribution in [-0.4, -0.2) is 34.2 Å². The maximum absolute atomic E-state index is 12.6. The van der Waals surface area contributed by atoms with Crippen LogP contribution in [0.15, 0.2) is 41.4 Å².